The Balaban J connectivity index is 1.52. The molecule has 0 radical (unpaired) electrons. The van der Waals surface area contributed by atoms with Crippen molar-refractivity contribution in [2.75, 3.05) is 31.1 Å². The van der Waals surface area contributed by atoms with Gasteiger partial charge >= 0.3 is 0 Å². The zero-order valence-corrected chi connectivity index (χ0v) is 16.7. The monoisotopic (exact) mass is 413 g/mol. The van der Waals surface area contributed by atoms with Gasteiger partial charge in [-0.3, -0.25) is 14.5 Å². The van der Waals surface area contributed by atoms with Gasteiger partial charge in [0.2, 0.25) is 5.95 Å². The van der Waals surface area contributed by atoms with Crippen LogP contribution in [0.5, 0.6) is 0 Å². The lowest BCUT2D eigenvalue weighted by molar-refractivity contribution is 0.111. The first-order valence-corrected chi connectivity index (χ1v) is 9.69. The van der Waals surface area contributed by atoms with Gasteiger partial charge in [-0.15, -0.1) is 0 Å². The second kappa shape index (κ2) is 7.91. The van der Waals surface area contributed by atoms with Crippen LogP contribution < -0.4 is 10.5 Å². The van der Waals surface area contributed by atoms with Gasteiger partial charge in [0.15, 0.2) is 12.1 Å². The number of H-pyrrole nitrogens is 1. The summed E-state index contributed by atoms with van der Waals surface area (Å²) in [5.41, 5.74) is 1.28. The van der Waals surface area contributed by atoms with Crippen molar-refractivity contribution in [3.63, 3.8) is 0 Å². The minimum atomic E-state index is -0.673. The average Bonchev–Trinajstić information content (AvgIpc) is 2.75. The molecule has 30 heavy (non-hydrogen) atoms. The van der Waals surface area contributed by atoms with E-state index in [0.717, 1.165) is 0 Å². The number of nitrogens with one attached hydrogen (secondary N) is 1. The van der Waals surface area contributed by atoms with E-state index >= 15 is 4.39 Å². The molecule has 1 fully saturated rings. The molecule has 1 saturated heterocycles. The molecule has 3 aromatic rings. The number of aromatic nitrogens is 3. The number of rotatable bonds is 4. The van der Waals surface area contributed by atoms with Gasteiger partial charge in [0, 0.05) is 37.8 Å². The fourth-order valence-corrected chi connectivity index (χ4v) is 3.84. The summed E-state index contributed by atoms with van der Waals surface area (Å²) in [4.78, 5) is 36.9. The summed E-state index contributed by atoms with van der Waals surface area (Å²) >= 11 is 0. The standard InChI is InChI=1S/C21H21F2N5O2/c1-12-21(30)26-19-16(24-12)5-4-15(18(19)22)13(2)27-7-9-28(10-8-27)17-6-3-14(11-29)25-20(17)23/h3-6,11,13H,7-10H2,1-2H3,(H,26,30)/t13-/m1/s1. The molecule has 1 aliphatic heterocycles. The Kier molecular flexibility index (Phi) is 5.29. The lowest BCUT2D eigenvalue weighted by Gasteiger charge is -2.39. The van der Waals surface area contributed by atoms with Crippen LogP contribution in [0.15, 0.2) is 29.1 Å². The Bertz CT molecular complexity index is 1170. The average molecular weight is 413 g/mol. The number of pyridine rings is 1. The van der Waals surface area contributed by atoms with Crippen molar-refractivity contribution in [2.24, 2.45) is 0 Å². The van der Waals surface area contributed by atoms with Crippen molar-refractivity contribution in [3.05, 3.63) is 63.3 Å². The molecule has 3 heterocycles. The van der Waals surface area contributed by atoms with Gasteiger partial charge in [-0.2, -0.15) is 4.39 Å². The summed E-state index contributed by atoms with van der Waals surface area (Å²) in [7, 11) is 0. The van der Waals surface area contributed by atoms with Crippen molar-refractivity contribution in [1.29, 1.82) is 0 Å². The lowest BCUT2D eigenvalue weighted by Crippen LogP contribution is -2.47. The SMILES string of the molecule is Cc1nc2ccc([C@@H](C)N3CCN(c4ccc(C=O)nc4F)CC3)c(F)c2[nH]c1=O. The predicted molar refractivity (Wildman–Crippen MR) is 109 cm³/mol. The maximum Gasteiger partial charge on any atom is 0.269 e. The minimum absolute atomic E-state index is 0.0537. The van der Waals surface area contributed by atoms with Crippen LogP contribution in [0.3, 0.4) is 0 Å². The number of carbonyl (C=O) groups excluding carboxylic acids is 1. The van der Waals surface area contributed by atoms with Gasteiger partial charge in [0.05, 0.1) is 11.2 Å². The van der Waals surface area contributed by atoms with Gasteiger partial charge in [-0.25, -0.2) is 14.4 Å². The number of carbonyl (C=O) groups is 1. The fraction of sp³-hybridized carbons (Fsp3) is 0.333. The zero-order chi connectivity index (χ0) is 21.4. The molecule has 156 valence electrons. The predicted octanol–water partition coefficient (Wildman–Crippen LogP) is 2.60. The van der Waals surface area contributed by atoms with E-state index in [1.807, 2.05) is 11.8 Å². The van der Waals surface area contributed by atoms with E-state index in [-0.39, 0.29) is 17.3 Å². The van der Waals surface area contributed by atoms with E-state index in [4.69, 9.17) is 0 Å². The van der Waals surface area contributed by atoms with Crippen LogP contribution in [-0.4, -0.2) is 52.3 Å². The van der Waals surface area contributed by atoms with Crippen molar-refractivity contribution >= 4 is 23.0 Å². The van der Waals surface area contributed by atoms with Gasteiger partial charge in [0.25, 0.3) is 5.56 Å². The molecule has 0 spiro atoms. The van der Waals surface area contributed by atoms with Crippen molar-refractivity contribution in [2.45, 2.75) is 19.9 Å². The molecule has 4 rings (SSSR count). The molecular weight excluding hydrogens is 392 g/mol. The van der Waals surface area contributed by atoms with Gasteiger partial charge < -0.3 is 9.88 Å². The quantitative estimate of drug-likeness (QED) is 0.523. The molecule has 0 amide bonds. The Morgan fingerprint density at radius 3 is 2.50 bits per heavy atom. The Hall–Kier alpha value is -3.20. The van der Waals surface area contributed by atoms with Crippen LogP contribution in [-0.2, 0) is 0 Å². The molecule has 0 bridgehead atoms. The molecular formula is C21H21F2N5O2. The van der Waals surface area contributed by atoms with Gasteiger partial charge in [0.1, 0.15) is 16.9 Å². The summed E-state index contributed by atoms with van der Waals surface area (Å²) in [6.45, 7) is 5.75. The molecule has 1 atom stereocenters. The second-order valence-corrected chi connectivity index (χ2v) is 7.38. The van der Waals surface area contributed by atoms with E-state index in [0.29, 0.717) is 54.9 Å². The molecule has 0 saturated carbocycles. The van der Waals surface area contributed by atoms with Crippen LogP contribution in [0.1, 0.15) is 34.7 Å². The number of anilines is 1. The Labute approximate surface area is 171 Å². The third kappa shape index (κ3) is 3.56. The maximum absolute atomic E-state index is 15.1. The van der Waals surface area contributed by atoms with E-state index in [1.54, 1.807) is 25.1 Å². The third-order valence-corrected chi connectivity index (χ3v) is 5.63. The number of fused-ring (bicyclic) bond motifs is 1. The molecule has 9 heteroatoms. The van der Waals surface area contributed by atoms with Crippen LogP contribution in [0.4, 0.5) is 14.5 Å². The van der Waals surface area contributed by atoms with Crippen LogP contribution in [0.25, 0.3) is 11.0 Å². The summed E-state index contributed by atoms with van der Waals surface area (Å²) < 4.78 is 29.3. The zero-order valence-electron chi connectivity index (χ0n) is 16.7. The molecule has 0 aliphatic carbocycles. The number of nitrogens with zero attached hydrogens (tertiary/aromatic N) is 4. The number of benzene rings is 1. The molecule has 0 unspecified atom stereocenters. The smallest absolute Gasteiger partial charge is 0.269 e. The largest absolute Gasteiger partial charge is 0.365 e. The van der Waals surface area contributed by atoms with Gasteiger partial charge in [-0.05, 0) is 32.0 Å². The van der Waals surface area contributed by atoms with Crippen molar-refractivity contribution < 1.29 is 13.6 Å². The van der Waals surface area contributed by atoms with E-state index < -0.39 is 17.3 Å². The number of aryl methyl sites for hydroxylation is 1. The number of hydrogen-bond donors (Lipinski definition) is 1. The molecule has 1 N–H and O–H groups in total. The van der Waals surface area contributed by atoms with Crippen LogP contribution in [0.2, 0.25) is 0 Å². The van der Waals surface area contributed by atoms with E-state index in [1.165, 1.54) is 6.07 Å². The van der Waals surface area contributed by atoms with Crippen molar-refractivity contribution in [3.8, 4) is 0 Å². The Morgan fingerprint density at radius 2 is 1.83 bits per heavy atom. The van der Waals surface area contributed by atoms with E-state index in [9.17, 15) is 14.0 Å². The number of piperazine rings is 1. The summed E-state index contributed by atoms with van der Waals surface area (Å²) in [6, 6.07) is 6.21. The molecule has 7 nitrogen and oxygen atoms in total. The highest BCUT2D eigenvalue weighted by molar-refractivity contribution is 5.76. The first kappa shape index (κ1) is 20.1. The highest BCUT2D eigenvalue weighted by Crippen LogP contribution is 2.28. The lowest BCUT2D eigenvalue weighted by atomic mass is 10.0. The summed E-state index contributed by atoms with van der Waals surface area (Å²) in [5, 5.41) is 0. The maximum atomic E-state index is 15.1. The third-order valence-electron chi connectivity index (χ3n) is 5.63. The number of halogens is 2. The van der Waals surface area contributed by atoms with Crippen molar-refractivity contribution in [1.82, 2.24) is 19.9 Å². The minimum Gasteiger partial charge on any atom is -0.365 e. The van der Waals surface area contributed by atoms with Crippen LogP contribution >= 0.6 is 0 Å². The van der Waals surface area contributed by atoms with Gasteiger partial charge in [-0.1, -0.05) is 6.07 Å². The molecule has 1 aliphatic rings. The normalized spacial score (nSPS) is 16.1. The first-order chi connectivity index (χ1) is 14.4. The van der Waals surface area contributed by atoms with E-state index in [2.05, 4.69) is 19.9 Å². The fourth-order valence-electron chi connectivity index (χ4n) is 3.84. The molecule has 2 aromatic heterocycles. The Morgan fingerprint density at radius 1 is 1.10 bits per heavy atom. The number of hydrogen-bond acceptors (Lipinski definition) is 6. The summed E-state index contributed by atoms with van der Waals surface area (Å²) in [6.07, 6.45) is 0.509. The highest BCUT2D eigenvalue weighted by atomic mass is 19.1. The van der Waals surface area contributed by atoms with Crippen LogP contribution in [0, 0.1) is 18.7 Å². The molecule has 1 aromatic carbocycles. The highest BCUT2D eigenvalue weighted by Gasteiger charge is 2.26. The first-order valence-electron chi connectivity index (χ1n) is 9.69. The number of aldehydes is 1. The topological polar surface area (TPSA) is 82.2 Å². The second-order valence-electron chi connectivity index (χ2n) is 7.38. The number of aromatic amines is 1. The summed E-state index contributed by atoms with van der Waals surface area (Å²) in [5.74, 6) is -1.15.